The SMILES string of the molecule is CC1(C)OB(c2ccc(C[C@H](NC(=O)COCc3ccccc3)C(N)=O)cc2)OC1(C)C. The molecule has 0 bridgehead atoms. The fraction of sp³-hybridized carbons (Fsp3) is 0.417. The van der Waals surface area contributed by atoms with Crippen molar-refractivity contribution in [3.8, 4) is 0 Å². The quantitative estimate of drug-likeness (QED) is 0.581. The Kier molecular flexibility index (Phi) is 7.38. The Morgan fingerprint density at radius 2 is 1.56 bits per heavy atom. The maximum absolute atomic E-state index is 12.2. The largest absolute Gasteiger partial charge is 0.494 e. The molecule has 8 heteroatoms. The summed E-state index contributed by atoms with van der Waals surface area (Å²) < 4.78 is 17.6. The van der Waals surface area contributed by atoms with E-state index in [1.54, 1.807) is 0 Å². The van der Waals surface area contributed by atoms with Crippen molar-refractivity contribution in [3.05, 3.63) is 65.7 Å². The van der Waals surface area contributed by atoms with Crippen LogP contribution in [0.5, 0.6) is 0 Å². The van der Waals surface area contributed by atoms with E-state index in [0.29, 0.717) is 6.61 Å². The first kappa shape index (κ1) is 24.0. The van der Waals surface area contributed by atoms with E-state index in [0.717, 1.165) is 16.6 Å². The van der Waals surface area contributed by atoms with E-state index in [1.807, 2.05) is 82.3 Å². The van der Waals surface area contributed by atoms with Crippen molar-refractivity contribution < 1.29 is 23.6 Å². The zero-order chi connectivity index (χ0) is 23.4. The molecule has 2 amide bonds. The van der Waals surface area contributed by atoms with Gasteiger partial charge in [0.25, 0.3) is 0 Å². The second kappa shape index (κ2) is 9.86. The summed E-state index contributed by atoms with van der Waals surface area (Å²) in [6, 6.07) is 16.3. The van der Waals surface area contributed by atoms with E-state index in [2.05, 4.69) is 5.32 Å². The van der Waals surface area contributed by atoms with Gasteiger partial charge in [-0.1, -0.05) is 54.6 Å². The van der Waals surface area contributed by atoms with Crippen LogP contribution < -0.4 is 16.5 Å². The summed E-state index contributed by atoms with van der Waals surface area (Å²) in [5, 5.41) is 2.65. The summed E-state index contributed by atoms with van der Waals surface area (Å²) in [5.74, 6) is -0.991. The van der Waals surface area contributed by atoms with Gasteiger partial charge in [-0.25, -0.2) is 0 Å². The summed E-state index contributed by atoms with van der Waals surface area (Å²) >= 11 is 0. The van der Waals surface area contributed by atoms with Gasteiger partial charge in [0.05, 0.1) is 17.8 Å². The third-order valence-electron chi connectivity index (χ3n) is 5.97. The zero-order valence-electron chi connectivity index (χ0n) is 19.1. The molecule has 1 aliphatic heterocycles. The van der Waals surface area contributed by atoms with E-state index >= 15 is 0 Å². The third kappa shape index (κ3) is 5.97. The van der Waals surface area contributed by atoms with Crippen molar-refractivity contribution in [2.75, 3.05) is 6.61 Å². The van der Waals surface area contributed by atoms with Crippen LogP contribution in [0.2, 0.25) is 0 Å². The number of nitrogens with one attached hydrogen (secondary N) is 1. The van der Waals surface area contributed by atoms with Gasteiger partial charge >= 0.3 is 7.12 Å². The molecule has 3 rings (SSSR count). The maximum atomic E-state index is 12.2. The van der Waals surface area contributed by atoms with E-state index in [9.17, 15) is 9.59 Å². The highest BCUT2D eigenvalue weighted by atomic mass is 16.7. The predicted molar refractivity (Wildman–Crippen MR) is 123 cm³/mol. The standard InChI is InChI=1S/C24H31BN2O5/c1-23(2)24(3,4)32-25(31-23)19-12-10-17(11-13-19)14-20(22(26)29)27-21(28)16-30-15-18-8-6-5-7-9-18/h5-13,20H,14-16H2,1-4H3,(H2,26,29)(H,27,28)/t20-/m0/s1. The number of nitrogens with two attached hydrogens (primary N) is 1. The second-order valence-electron chi connectivity index (χ2n) is 9.03. The highest BCUT2D eigenvalue weighted by Gasteiger charge is 2.51. The molecule has 2 aromatic carbocycles. The Hall–Kier alpha value is -2.68. The number of amides is 2. The molecular formula is C24H31BN2O5. The summed E-state index contributed by atoms with van der Waals surface area (Å²) in [4.78, 5) is 24.1. The number of ether oxygens (including phenoxy) is 1. The number of hydrogen-bond acceptors (Lipinski definition) is 5. The molecule has 0 saturated carbocycles. The minimum atomic E-state index is -0.828. The van der Waals surface area contributed by atoms with E-state index in [4.69, 9.17) is 19.8 Å². The fourth-order valence-corrected chi connectivity index (χ4v) is 3.32. The molecule has 1 saturated heterocycles. The highest BCUT2D eigenvalue weighted by molar-refractivity contribution is 6.62. The lowest BCUT2D eigenvalue weighted by Crippen LogP contribution is -2.47. The monoisotopic (exact) mass is 438 g/mol. The molecule has 0 aromatic heterocycles. The van der Waals surface area contributed by atoms with E-state index in [-0.39, 0.29) is 13.0 Å². The molecule has 2 aromatic rings. The lowest BCUT2D eigenvalue weighted by Gasteiger charge is -2.32. The molecule has 1 fully saturated rings. The normalized spacial score (nSPS) is 17.7. The molecule has 0 spiro atoms. The van der Waals surface area contributed by atoms with E-state index in [1.165, 1.54) is 0 Å². The molecule has 0 aliphatic carbocycles. The van der Waals surface area contributed by atoms with Crippen LogP contribution in [0.3, 0.4) is 0 Å². The number of carbonyl (C=O) groups is 2. The molecule has 32 heavy (non-hydrogen) atoms. The molecular weight excluding hydrogens is 407 g/mol. The molecule has 1 aliphatic rings. The second-order valence-corrected chi connectivity index (χ2v) is 9.03. The predicted octanol–water partition coefficient (Wildman–Crippen LogP) is 1.72. The number of primary amides is 1. The molecule has 1 atom stereocenters. The Morgan fingerprint density at radius 1 is 0.969 bits per heavy atom. The van der Waals surface area contributed by atoms with Crippen LogP contribution >= 0.6 is 0 Å². The molecule has 1 heterocycles. The van der Waals surface area contributed by atoms with Crippen LogP contribution in [0.25, 0.3) is 0 Å². The zero-order valence-corrected chi connectivity index (χ0v) is 19.1. The highest BCUT2D eigenvalue weighted by Crippen LogP contribution is 2.36. The summed E-state index contributed by atoms with van der Waals surface area (Å²) in [5.41, 5.74) is 7.39. The van der Waals surface area contributed by atoms with Gasteiger partial charge in [-0.05, 0) is 44.3 Å². The Morgan fingerprint density at radius 3 is 2.12 bits per heavy atom. The number of carbonyl (C=O) groups excluding carboxylic acids is 2. The Bertz CT molecular complexity index is 915. The summed E-state index contributed by atoms with van der Waals surface area (Å²) in [7, 11) is -0.456. The van der Waals surface area contributed by atoms with Gasteiger partial charge in [0.2, 0.25) is 11.8 Å². The van der Waals surface area contributed by atoms with Gasteiger partial charge in [0.15, 0.2) is 0 Å². The smallest absolute Gasteiger partial charge is 0.399 e. The van der Waals surface area contributed by atoms with E-state index < -0.39 is 36.2 Å². The molecule has 0 radical (unpaired) electrons. The van der Waals surface area contributed by atoms with Gasteiger partial charge < -0.3 is 25.1 Å². The minimum Gasteiger partial charge on any atom is -0.399 e. The number of rotatable bonds is 9. The van der Waals surface area contributed by atoms with Crippen LogP contribution in [0.15, 0.2) is 54.6 Å². The maximum Gasteiger partial charge on any atom is 0.494 e. The molecule has 3 N–H and O–H groups in total. The summed E-state index contributed by atoms with van der Waals surface area (Å²) in [6.07, 6.45) is 0.281. The number of benzene rings is 2. The Balaban J connectivity index is 1.53. The van der Waals surface area contributed by atoms with Gasteiger partial charge in [0.1, 0.15) is 12.6 Å². The topological polar surface area (TPSA) is 99.9 Å². The molecule has 7 nitrogen and oxygen atoms in total. The molecule has 0 unspecified atom stereocenters. The average molecular weight is 438 g/mol. The lowest BCUT2D eigenvalue weighted by molar-refractivity contribution is -0.130. The van der Waals surface area contributed by atoms with Crippen LogP contribution in [0, 0.1) is 0 Å². The average Bonchev–Trinajstić information content (AvgIpc) is 2.96. The summed E-state index contributed by atoms with van der Waals surface area (Å²) in [6.45, 7) is 8.18. The minimum absolute atomic E-state index is 0.153. The fourth-order valence-electron chi connectivity index (χ4n) is 3.32. The van der Waals surface area contributed by atoms with Gasteiger partial charge in [-0.15, -0.1) is 0 Å². The van der Waals surface area contributed by atoms with Gasteiger partial charge in [-0.2, -0.15) is 0 Å². The van der Waals surface area contributed by atoms with Crippen LogP contribution in [-0.4, -0.2) is 42.8 Å². The van der Waals surface area contributed by atoms with Crippen molar-refractivity contribution in [1.82, 2.24) is 5.32 Å². The van der Waals surface area contributed by atoms with Gasteiger partial charge in [-0.3, -0.25) is 9.59 Å². The molecule has 170 valence electrons. The van der Waals surface area contributed by atoms with Gasteiger partial charge in [0, 0.05) is 6.42 Å². The first-order valence-electron chi connectivity index (χ1n) is 10.7. The van der Waals surface area contributed by atoms with Crippen molar-refractivity contribution in [1.29, 1.82) is 0 Å². The number of hydrogen-bond donors (Lipinski definition) is 2. The van der Waals surface area contributed by atoms with Crippen molar-refractivity contribution in [3.63, 3.8) is 0 Å². The van der Waals surface area contributed by atoms with Crippen molar-refractivity contribution >= 4 is 24.4 Å². The third-order valence-corrected chi connectivity index (χ3v) is 5.97. The van der Waals surface area contributed by atoms with Crippen LogP contribution in [0.1, 0.15) is 38.8 Å². The van der Waals surface area contributed by atoms with Crippen molar-refractivity contribution in [2.24, 2.45) is 5.73 Å². The first-order chi connectivity index (χ1) is 15.1. The first-order valence-corrected chi connectivity index (χ1v) is 10.7. The Labute approximate surface area is 189 Å². The lowest BCUT2D eigenvalue weighted by atomic mass is 9.78. The van der Waals surface area contributed by atoms with Crippen LogP contribution in [-0.2, 0) is 36.7 Å². The van der Waals surface area contributed by atoms with Crippen molar-refractivity contribution in [2.45, 2.75) is 58.0 Å². The van der Waals surface area contributed by atoms with Crippen LogP contribution in [0.4, 0.5) is 0 Å².